The van der Waals surface area contributed by atoms with Gasteiger partial charge in [0.15, 0.2) is 17.7 Å². The zero-order valence-electron chi connectivity index (χ0n) is 11.3. The summed E-state index contributed by atoms with van der Waals surface area (Å²) in [7, 11) is 0. The smallest absolute Gasteiger partial charge is 0.263 e. The predicted octanol–water partition coefficient (Wildman–Crippen LogP) is 1.85. The number of thiocarbonyl (C=S) groups is 1. The summed E-state index contributed by atoms with van der Waals surface area (Å²) in [6, 6.07) is 4.23. The van der Waals surface area contributed by atoms with Crippen LogP contribution < -0.4 is 10.5 Å². The highest BCUT2D eigenvalue weighted by atomic mass is 32.1. The van der Waals surface area contributed by atoms with Crippen molar-refractivity contribution in [2.24, 2.45) is 5.73 Å². The van der Waals surface area contributed by atoms with Gasteiger partial charge >= 0.3 is 0 Å². The number of nitrogens with two attached hydrogens (primary N) is 1. The van der Waals surface area contributed by atoms with Crippen molar-refractivity contribution in [3.8, 4) is 5.75 Å². The average molecular weight is 296 g/mol. The lowest BCUT2D eigenvalue weighted by Gasteiger charge is -2.21. The minimum atomic E-state index is -0.710. The Morgan fingerprint density at radius 1 is 1.45 bits per heavy atom. The number of hydrogen-bond donors (Lipinski definition) is 1. The molecular weight excluding hydrogens is 279 g/mol. The number of benzene rings is 1. The molecule has 6 heteroatoms. The van der Waals surface area contributed by atoms with Crippen molar-refractivity contribution in [2.45, 2.75) is 25.9 Å². The highest BCUT2D eigenvalue weighted by molar-refractivity contribution is 7.80. The van der Waals surface area contributed by atoms with Crippen molar-refractivity contribution >= 4 is 23.1 Å². The third-order valence-corrected chi connectivity index (χ3v) is 3.52. The van der Waals surface area contributed by atoms with Gasteiger partial charge < -0.3 is 15.4 Å². The van der Waals surface area contributed by atoms with E-state index in [0.29, 0.717) is 5.56 Å². The summed E-state index contributed by atoms with van der Waals surface area (Å²) in [5, 5.41) is 0. The molecule has 1 unspecified atom stereocenters. The lowest BCUT2D eigenvalue weighted by molar-refractivity contribution is -0.136. The van der Waals surface area contributed by atoms with Crippen LogP contribution in [-0.4, -0.2) is 35.0 Å². The molecule has 1 aliphatic rings. The molecular formula is C14H17FN2O2S. The van der Waals surface area contributed by atoms with Gasteiger partial charge in [-0.1, -0.05) is 12.2 Å². The maximum atomic E-state index is 13.8. The molecule has 0 aliphatic carbocycles. The molecule has 1 heterocycles. The molecule has 0 radical (unpaired) electrons. The van der Waals surface area contributed by atoms with E-state index in [1.165, 1.54) is 12.1 Å². The molecule has 1 amide bonds. The maximum Gasteiger partial charge on any atom is 0.263 e. The fourth-order valence-corrected chi connectivity index (χ4v) is 2.31. The molecule has 2 N–H and O–H groups in total. The van der Waals surface area contributed by atoms with Crippen LogP contribution in [0.5, 0.6) is 5.75 Å². The van der Waals surface area contributed by atoms with Crippen molar-refractivity contribution in [1.82, 2.24) is 4.90 Å². The average Bonchev–Trinajstić information content (AvgIpc) is 2.93. The van der Waals surface area contributed by atoms with Gasteiger partial charge in [0.05, 0.1) is 0 Å². The van der Waals surface area contributed by atoms with Crippen LogP contribution in [0.4, 0.5) is 4.39 Å². The first-order valence-corrected chi connectivity index (χ1v) is 6.94. The van der Waals surface area contributed by atoms with Gasteiger partial charge in [0.25, 0.3) is 5.91 Å². The van der Waals surface area contributed by atoms with Crippen LogP contribution in [0.2, 0.25) is 0 Å². The molecule has 0 saturated carbocycles. The number of carbonyl (C=O) groups excluding carboxylic acids is 1. The zero-order valence-corrected chi connectivity index (χ0v) is 12.1. The van der Waals surface area contributed by atoms with E-state index in [-0.39, 0.29) is 16.6 Å². The molecule has 0 aromatic heterocycles. The highest BCUT2D eigenvalue weighted by Crippen LogP contribution is 2.21. The Balaban J connectivity index is 2.05. The van der Waals surface area contributed by atoms with Crippen LogP contribution in [0.3, 0.4) is 0 Å². The molecule has 108 valence electrons. The summed E-state index contributed by atoms with van der Waals surface area (Å²) in [6.07, 6.45) is 1.31. The highest BCUT2D eigenvalue weighted by Gasteiger charge is 2.25. The molecule has 1 atom stereocenters. The molecule has 0 spiro atoms. The third-order valence-electron chi connectivity index (χ3n) is 3.29. The van der Waals surface area contributed by atoms with Gasteiger partial charge in [-0.25, -0.2) is 4.39 Å². The quantitative estimate of drug-likeness (QED) is 0.862. The van der Waals surface area contributed by atoms with Crippen LogP contribution in [0.1, 0.15) is 25.3 Å². The molecule has 20 heavy (non-hydrogen) atoms. The first-order chi connectivity index (χ1) is 9.49. The van der Waals surface area contributed by atoms with E-state index in [9.17, 15) is 9.18 Å². The van der Waals surface area contributed by atoms with Crippen molar-refractivity contribution < 1.29 is 13.9 Å². The molecule has 1 fully saturated rings. The van der Waals surface area contributed by atoms with E-state index in [2.05, 4.69) is 0 Å². The van der Waals surface area contributed by atoms with Crippen molar-refractivity contribution in [2.75, 3.05) is 13.1 Å². The molecule has 1 saturated heterocycles. The van der Waals surface area contributed by atoms with Gasteiger partial charge in [0.2, 0.25) is 0 Å². The van der Waals surface area contributed by atoms with Gasteiger partial charge in [-0.3, -0.25) is 4.79 Å². The standard InChI is InChI=1S/C14H17FN2O2S/c1-9(14(18)17-6-2-3-7-17)19-12-5-4-10(13(16)20)8-11(12)15/h4-5,8-9H,2-3,6-7H2,1H3,(H2,16,20). The minimum absolute atomic E-state index is 0.0325. The number of ether oxygens (including phenoxy) is 1. The summed E-state index contributed by atoms with van der Waals surface area (Å²) in [6.45, 7) is 3.12. The van der Waals surface area contributed by atoms with Crippen molar-refractivity contribution in [3.05, 3.63) is 29.6 Å². The molecule has 1 aromatic rings. The number of hydrogen-bond acceptors (Lipinski definition) is 3. The second-order valence-electron chi connectivity index (χ2n) is 4.80. The normalized spacial score (nSPS) is 16.0. The molecule has 1 aliphatic heterocycles. The summed E-state index contributed by atoms with van der Waals surface area (Å²) in [5.41, 5.74) is 5.86. The molecule has 2 rings (SSSR count). The minimum Gasteiger partial charge on any atom is -0.478 e. The van der Waals surface area contributed by atoms with E-state index in [1.807, 2.05) is 0 Å². The Hall–Kier alpha value is -1.69. The Kier molecular flexibility index (Phi) is 4.54. The molecule has 0 bridgehead atoms. The van der Waals surface area contributed by atoms with E-state index >= 15 is 0 Å². The first kappa shape index (κ1) is 14.7. The third kappa shape index (κ3) is 3.25. The number of amides is 1. The Bertz CT molecular complexity index is 530. The Labute approximate surface area is 122 Å². The van der Waals surface area contributed by atoms with Gasteiger partial charge in [0.1, 0.15) is 4.99 Å². The fourth-order valence-electron chi connectivity index (χ4n) is 2.19. The second kappa shape index (κ2) is 6.17. The van der Waals surface area contributed by atoms with E-state index in [0.717, 1.165) is 25.9 Å². The molecule has 4 nitrogen and oxygen atoms in total. The fraction of sp³-hybridized carbons (Fsp3) is 0.429. The zero-order chi connectivity index (χ0) is 14.7. The maximum absolute atomic E-state index is 13.8. The predicted molar refractivity (Wildman–Crippen MR) is 78.2 cm³/mol. The molecule has 1 aromatic carbocycles. The Morgan fingerprint density at radius 3 is 2.65 bits per heavy atom. The Morgan fingerprint density at radius 2 is 2.10 bits per heavy atom. The van der Waals surface area contributed by atoms with Crippen molar-refractivity contribution in [1.29, 1.82) is 0 Å². The summed E-state index contributed by atoms with van der Waals surface area (Å²) in [5.74, 6) is -0.651. The monoisotopic (exact) mass is 296 g/mol. The number of nitrogens with zero attached hydrogens (tertiary/aromatic N) is 1. The van der Waals surface area contributed by atoms with Crippen LogP contribution in [0, 0.1) is 5.82 Å². The SMILES string of the molecule is CC(Oc1ccc(C(N)=S)cc1F)C(=O)N1CCCC1. The summed E-state index contributed by atoms with van der Waals surface area (Å²) < 4.78 is 19.3. The second-order valence-corrected chi connectivity index (χ2v) is 5.24. The number of likely N-dealkylation sites (tertiary alicyclic amines) is 1. The van der Waals surface area contributed by atoms with E-state index in [4.69, 9.17) is 22.7 Å². The number of carbonyl (C=O) groups is 1. The largest absolute Gasteiger partial charge is 0.478 e. The van der Waals surface area contributed by atoms with Crippen LogP contribution >= 0.6 is 12.2 Å². The van der Waals surface area contributed by atoms with Crippen LogP contribution in [0.25, 0.3) is 0 Å². The van der Waals surface area contributed by atoms with Crippen LogP contribution in [-0.2, 0) is 4.79 Å². The lowest BCUT2D eigenvalue weighted by Crippen LogP contribution is -2.38. The first-order valence-electron chi connectivity index (χ1n) is 6.54. The summed E-state index contributed by atoms with van der Waals surface area (Å²) >= 11 is 4.78. The van der Waals surface area contributed by atoms with E-state index in [1.54, 1.807) is 17.9 Å². The van der Waals surface area contributed by atoms with Gasteiger partial charge in [0, 0.05) is 18.7 Å². The van der Waals surface area contributed by atoms with Crippen molar-refractivity contribution in [3.63, 3.8) is 0 Å². The van der Waals surface area contributed by atoms with Gasteiger partial charge in [-0.05, 0) is 38.0 Å². The summed E-state index contributed by atoms with van der Waals surface area (Å²) in [4.78, 5) is 13.9. The number of rotatable bonds is 4. The lowest BCUT2D eigenvalue weighted by atomic mass is 10.2. The van der Waals surface area contributed by atoms with E-state index < -0.39 is 11.9 Å². The van der Waals surface area contributed by atoms with Crippen LogP contribution in [0.15, 0.2) is 18.2 Å². The topological polar surface area (TPSA) is 55.6 Å². The van der Waals surface area contributed by atoms with Gasteiger partial charge in [-0.2, -0.15) is 0 Å². The van der Waals surface area contributed by atoms with Gasteiger partial charge in [-0.15, -0.1) is 0 Å². The number of halogens is 1.